The maximum absolute atomic E-state index is 11.3. The van der Waals surface area contributed by atoms with Crippen LogP contribution < -0.4 is 9.88 Å². The number of benzene rings is 1. The Morgan fingerprint density at radius 1 is 1.25 bits per heavy atom. The number of primary sulfonamides is 1. The number of rotatable bonds is 4. The van der Waals surface area contributed by atoms with Crippen molar-refractivity contribution >= 4 is 10.0 Å². The first-order chi connectivity index (χ1) is 9.40. The van der Waals surface area contributed by atoms with Gasteiger partial charge < -0.3 is 9.47 Å². The molecule has 0 amide bonds. The van der Waals surface area contributed by atoms with Gasteiger partial charge in [0, 0.05) is 13.5 Å². The van der Waals surface area contributed by atoms with Gasteiger partial charge in [0.05, 0.1) is 11.0 Å². The van der Waals surface area contributed by atoms with Gasteiger partial charge in [0.15, 0.2) is 0 Å². The lowest BCUT2D eigenvalue weighted by Gasteiger charge is -2.29. The molecule has 0 aliphatic heterocycles. The minimum atomic E-state index is -3.66. The van der Waals surface area contributed by atoms with E-state index in [4.69, 9.17) is 14.6 Å². The molecular weight excluding hydrogens is 278 g/mol. The van der Waals surface area contributed by atoms with Crippen molar-refractivity contribution < 1.29 is 17.9 Å². The SMILES string of the molecule is COC1CCCC(Oc2ccc(S(N)(=O)=O)cc2C)C1. The molecule has 1 fully saturated rings. The Bertz CT molecular complexity index is 571. The van der Waals surface area contributed by atoms with Crippen LogP contribution in [-0.4, -0.2) is 27.7 Å². The van der Waals surface area contributed by atoms with Gasteiger partial charge in [-0.3, -0.25) is 0 Å². The Labute approximate surface area is 120 Å². The summed E-state index contributed by atoms with van der Waals surface area (Å²) in [5.41, 5.74) is 0.774. The minimum Gasteiger partial charge on any atom is -0.490 e. The predicted molar refractivity (Wildman–Crippen MR) is 76.2 cm³/mol. The Hall–Kier alpha value is -1.11. The summed E-state index contributed by atoms with van der Waals surface area (Å²) in [6, 6.07) is 4.70. The molecule has 0 heterocycles. The number of nitrogens with two attached hydrogens (primary N) is 1. The Morgan fingerprint density at radius 3 is 2.55 bits per heavy atom. The minimum absolute atomic E-state index is 0.112. The summed E-state index contributed by atoms with van der Waals surface area (Å²) in [5.74, 6) is 0.708. The highest BCUT2D eigenvalue weighted by Crippen LogP contribution is 2.28. The average molecular weight is 299 g/mol. The molecule has 112 valence electrons. The number of hydrogen-bond acceptors (Lipinski definition) is 4. The maximum atomic E-state index is 11.3. The number of aryl methyl sites for hydroxylation is 1. The summed E-state index contributed by atoms with van der Waals surface area (Å²) < 4.78 is 33.9. The number of ether oxygens (including phenoxy) is 2. The largest absolute Gasteiger partial charge is 0.490 e. The van der Waals surface area contributed by atoms with Crippen molar-refractivity contribution in [3.8, 4) is 5.75 Å². The van der Waals surface area contributed by atoms with E-state index >= 15 is 0 Å². The smallest absolute Gasteiger partial charge is 0.238 e. The van der Waals surface area contributed by atoms with Crippen molar-refractivity contribution in [2.24, 2.45) is 5.14 Å². The highest BCUT2D eigenvalue weighted by atomic mass is 32.2. The zero-order valence-corrected chi connectivity index (χ0v) is 12.7. The number of methoxy groups -OCH3 is 1. The van der Waals surface area contributed by atoms with E-state index in [1.165, 1.54) is 6.07 Å². The second-order valence-electron chi connectivity index (χ2n) is 5.24. The van der Waals surface area contributed by atoms with Crippen LogP contribution in [0.15, 0.2) is 23.1 Å². The van der Waals surface area contributed by atoms with E-state index in [1.807, 2.05) is 6.92 Å². The number of hydrogen-bond donors (Lipinski definition) is 1. The molecule has 2 rings (SSSR count). The molecule has 20 heavy (non-hydrogen) atoms. The molecule has 1 aliphatic rings. The van der Waals surface area contributed by atoms with Gasteiger partial charge in [0.2, 0.25) is 10.0 Å². The van der Waals surface area contributed by atoms with Gasteiger partial charge in [-0.1, -0.05) is 0 Å². The molecule has 1 aromatic carbocycles. The maximum Gasteiger partial charge on any atom is 0.238 e. The van der Waals surface area contributed by atoms with E-state index in [2.05, 4.69) is 0 Å². The molecule has 0 saturated heterocycles. The van der Waals surface area contributed by atoms with Gasteiger partial charge in [-0.2, -0.15) is 0 Å². The molecule has 1 aromatic rings. The molecule has 6 heteroatoms. The molecule has 1 aliphatic carbocycles. The molecule has 2 unspecified atom stereocenters. The molecular formula is C14H21NO4S. The van der Waals surface area contributed by atoms with Crippen LogP contribution in [0.1, 0.15) is 31.2 Å². The first kappa shape index (κ1) is 15.3. The topological polar surface area (TPSA) is 78.6 Å². The van der Waals surface area contributed by atoms with E-state index in [1.54, 1.807) is 19.2 Å². The van der Waals surface area contributed by atoms with Gasteiger partial charge in [-0.05, 0) is 49.9 Å². The van der Waals surface area contributed by atoms with Crippen molar-refractivity contribution in [3.63, 3.8) is 0 Å². The highest BCUT2D eigenvalue weighted by Gasteiger charge is 2.23. The van der Waals surface area contributed by atoms with Crippen molar-refractivity contribution in [2.45, 2.75) is 49.7 Å². The lowest BCUT2D eigenvalue weighted by atomic mass is 9.95. The number of sulfonamides is 1. The van der Waals surface area contributed by atoms with Crippen molar-refractivity contribution in [3.05, 3.63) is 23.8 Å². The summed E-state index contributed by atoms with van der Waals surface area (Å²) in [6.45, 7) is 1.82. The van der Waals surface area contributed by atoms with Crippen LogP contribution in [0.5, 0.6) is 5.75 Å². The molecule has 1 saturated carbocycles. The summed E-state index contributed by atoms with van der Waals surface area (Å²) in [5, 5.41) is 5.11. The lowest BCUT2D eigenvalue weighted by molar-refractivity contribution is 0.0207. The average Bonchev–Trinajstić information content (AvgIpc) is 2.40. The fourth-order valence-electron chi connectivity index (χ4n) is 2.53. The monoisotopic (exact) mass is 299 g/mol. The van der Waals surface area contributed by atoms with E-state index in [9.17, 15) is 8.42 Å². The fraction of sp³-hybridized carbons (Fsp3) is 0.571. The standard InChI is InChI=1S/C14H21NO4S/c1-10-8-13(20(15,16)17)6-7-14(10)19-12-5-3-4-11(9-12)18-2/h6-8,11-12H,3-5,9H2,1-2H3,(H2,15,16,17). The molecule has 0 spiro atoms. The third-order valence-electron chi connectivity index (χ3n) is 3.68. The van der Waals surface area contributed by atoms with Crippen LogP contribution in [0.3, 0.4) is 0 Å². The Balaban J connectivity index is 2.10. The Morgan fingerprint density at radius 2 is 1.95 bits per heavy atom. The van der Waals surface area contributed by atoms with Crippen molar-refractivity contribution in [1.29, 1.82) is 0 Å². The fourth-order valence-corrected chi connectivity index (χ4v) is 3.13. The van der Waals surface area contributed by atoms with Crippen LogP contribution in [0.4, 0.5) is 0 Å². The Kier molecular flexibility index (Phi) is 4.67. The zero-order valence-electron chi connectivity index (χ0n) is 11.8. The highest BCUT2D eigenvalue weighted by molar-refractivity contribution is 7.89. The summed E-state index contributed by atoms with van der Waals surface area (Å²) in [7, 11) is -1.94. The summed E-state index contributed by atoms with van der Waals surface area (Å²) in [6.07, 6.45) is 4.38. The molecule has 2 atom stereocenters. The van der Waals surface area contributed by atoms with Gasteiger partial charge in [0.25, 0.3) is 0 Å². The van der Waals surface area contributed by atoms with E-state index in [-0.39, 0.29) is 17.1 Å². The predicted octanol–water partition coefficient (Wildman–Crippen LogP) is 1.98. The first-order valence-corrected chi connectivity index (χ1v) is 8.27. The first-order valence-electron chi connectivity index (χ1n) is 6.73. The molecule has 0 radical (unpaired) electrons. The van der Waals surface area contributed by atoms with Gasteiger partial charge in [-0.25, -0.2) is 13.6 Å². The van der Waals surface area contributed by atoms with E-state index < -0.39 is 10.0 Å². The van der Waals surface area contributed by atoms with Gasteiger partial charge >= 0.3 is 0 Å². The van der Waals surface area contributed by atoms with Crippen LogP contribution in [0.2, 0.25) is 0 Å². The van der Waals surface area contributed by atoms with E-state index in [0.717, 1.165) is 31.2 Å². The summed E-state index contributed by atoms with van der Waals surface area (Å²) in [4.78, 5) is 0.112. The van der Waals surface area contributed by atoms with E-state index in [0.29, 0.717) is 5.75 Å². The van der Waals surface area contributed by atoms with Gasteiger partial charge in [-0.15, -0.1) is 0 Å². The van der Waals surface area contributed by atoms with Crippen LogP contribution in [0.25, 0.3) is 0 Å². The van der Waals surface area contributed by atoms with Crippen LogP contribution in [0, 0.1) is 6.92 Å². The quantitative estimate of drug-likeness (QED) is 0.922. The molecule has 0 bridgehead atoms. The third kappa shape index (κ3) is 3.71. The second-order valence-corrected chi connectivity index (χ2v) is 6.80. The lowest BCUT2D eigenvalue weighted by Crippen LogP contribution is -2.29. The zero-order chi connectivity index (χ0) is 14.8. The molecule has 0 aromatic heterocycles. The van der Waals surface area contributed by atoms with Crippen LogP contribution >= 0.6 is 0 Å². The van der Waals surface area contributed by atoms with Crippen LogP contribution in [-0.2, 0) is 14.8 Å². The third-order valence-corrected chi connectivity index (χ3v) is 4.59. The van der Waals surface area contributed by atoms with Crippen molar-refractivity contribution in [2.75, 3.05) is 7.11 Å². The molecule has 2 N–H and O–H groups in total. The van der Waals surface area contributed by atoms with Crippen molar-refractivity contribution in [1.82, 2.24) is 0 Å². The second kappa shape index (κ2) is 6.11. The summed E-state index contributed by atoms with van der Waals surface area (Å²) >= 11 is 0. The molecule has 5 nitrogen and oxygen atoms in total. The van der Waals surface area contributed by atoms with Gasteiger partial charge in [0.1, 0.15) is 11.9 Å². The normalized spacial score (nSPS) is 23.6.